The summed E-state index contributed by atoms with van der Waals surface area (Å²) in [4.78, 5) is 25.5. The molecule has 0 radical (unpaired) electrons. The highest BCUT2D eigenvalue weighted by Gasteiger charge is 2.30. The Hall–Kier alpha value is -1.20. The molecule has 0 saturated heterocycles. The summed E-state index contributed by atoms with van der Waals surface area (Å²) in [5, 5.41) is 8.75. The van der Waals surface area contributed by atoms with Gasteiger partial charge in [-0.15, -0.1) is 0 Å². The van der Waals surface area contributed by atoms with Gasteiger partial charge in [-0.25, -0.2) is 5.26 Å². The second-order valence-corrected chi connectivity index (χ2v) is 4.30. The summed E-state index contributed by atoms with van der Waals surface area (Å²) < 4.78 is 4.87. The molecule has 0 heterocycles. The molecule has 0 fully saturated rings. The van der Waals surface area contributed by atoms with Crippen molar-refractivity contribution in [1.82, 2.24) is 0 Å². The van der Waals surface area contributed by atoms with Crippen molar-refractivity contribution in [2.75, 3.05) is 0 Å². The summed E-state index contributed by atoms with van der Waals surface area (Å²) in [6.45, 7) is 8.32. The number of allylic oxidation sites excluding steroid dienone is 1. The molecule has 0 aliphatic carbocycles. The van der Waals surface area contributed by atoms with Gasteiger partial charge in [-0.1, -0.05) is 12.2 Å². The molecule has 0 aliphatic rings. The number of hydrogen-bond donors (Lipinski definition) is 1. The van der Waals surface area contributed by atoms with E-state index in [9.17, 15) is 9.59 Å². The van der Waals surface area contributed by atoms with Crippen molar-refractivity contribution < 1.29 is 24.5 Å². The van der Waals surface area contributed by atoms with Crippen LogP contribution >= 0.6 is 0 Å². The molecule has 0 aromatic heterocycles. The van der Waals surface area contributed by atoms with E-state index in [2.05, 4.69) is 11.5 Å². The number of aldehydes is 1. The van der Waals surface area contributed by atoms with E-state index in [0.717, 1.165) is 11.9 Å². The maximum atomic E-state index is 10.8. The lowest BCUT2D eigenvalue weighted by atomic mass is 9.91. The van der Waals surface area contributed by atoms with E-state index in [4.69, 9.17) is 9.99 Å². The molecule has 98 valence electrons. The van der Waals surface area contributed by atoms with E-state index in [0.29, 0.717) is 12.8 Å². The van der Waals surface area contributed by atoms with E-state index >= 15 is 0 Å². The normalized spacial score (nSPS) is 15.8. The van der Waals surface area contributed by atoms with E-state index < -0.39 is 11.8 Å². The molecule has 0 aromatic rings. The Morgan fingerprint density at radius 3 is 2.47 bits per heavy atom. The number of carbonyl (C=O) groups excluding carboxylic acids is 2. The minimum absolute atomic E-state index is 0.00228. The second kappa shape index (κ2) is 7.19. The first-order valence-electron chi connectivity index (χ1n) is 5.46. The van der Waals surface area contributed by atoms with Crippen LogP contribution in [0.15, 0.2) is 12.2 Å². The summed E-state index contributed by atoms with van der Waals surface area (Å²) in [7, 11) is 0. The smallest absolute Gasteiger partial charge is 0.305 e. The van der Waals surface area contributed by atoms with Gasteiger partial charge in [0.1, 0.15) is 6.29 Å². The Bertz CT molecular complexity index is 287. The van der Waals surface area contributed by atoms with E-state index in [1.165, 1.54) is 13.8 Å². The van der Waals surface area contributed by atoms with Crippen LogP contribution in [0.2, 0.25) is 0 Å². The maximum absolute atomic E-state index is 10.8. The van der Waals surface area contributed by atoms with Crippen molar-refractivity contribution in [3.8, 4) is 0 Å². The summed E-state index contributed by atoms with van der Waals surface area (Å²) in [6, 6.07) is 0. The summed E-state index contributed by atoms with van der Waals surface area (Å²) >= 11 is 0. The fourth-order valence-corrected chi connectivity index (χ4v) is 1.54. The van der Waals surface area contributed by atoms with Crippen LogP contribution in [0.25, 0.3) is 0 Å². The first-order chi connectivity index (χ1) is 7.84. The van der Waals surface area contributed by atoms with Crippen LogP contribution in [-0.4, -0.2) is 23.3 Å². The zero-order valence-electron chi connectivity index (χ0n) is 10.6. The highest BCUT2D eigenvalue weighted by atomic mass is 17.1. The van der Waals surface area contributed by atoms with Gasteiger partial charge in [0.15, 0.2) is 0 Å². The summed E-state index contributed by atoms with van der Waals surface area (Å²) in [5.74, 6) is -1.91. The fraction of sp³-hybridized carbons (Fsp3) is 0.667. The third-order valence-corrected chi connectivity index (χ3v) is 2.58. The maximum Gasteiger partial charge on any atom is 0.305 e. The molecular formula is C12H20O5. The van der Waals surface area contributed by atoms with Crippen LogP contribution in [0.1, 0.15) is 40.0 Å². The third-order valence-electron chi connectivity index (χ3n) is 2.58. The van der Waals surface area contributed by atoms with Crippen LogP contribution in [0.3, 0.4) is 0 Å². The zero-order valence-corrected chi connectivity index (χ0v) is 10.6. The third kappa shape index (κ3) is 6.19. The van der Waals surface area contributed by atoms with Gasteiger partial charge in [0.2, 0.25) is 5.79 Å². The van der Waals surface area contributed by atoms with Crippen molar-refractivity contribution in [3.05, 3.63) is 12.2 Å². The lowest BCUT2D eigenvalue weighted by Crippen LogP contribution is -2.34. The van der Waals surface area contributed by atoms with Crippen LogP contribution in [0, 0.1) is 5.92 Å². The Morgan fingerprint density at radius 1 is 1.53 bits per heavy atom. The number of rotatable bonds is 8. The lowest BCUT2D eigenvalue weighted by Gasteiger charge is -2.27. The van der Waals surface area contributed by atoms with Crippen molar-refractivity contribution in [2.24, 2.45) is 5.92 Å². The quantitative estimate of drug-likeness (QED) is 0.177. The topological polar surface area (TPSA) is 72.8 Å². The minimum Gasteiger partial charge on any atom is -0.431 e. The van der Waals surface area contributed by atoms with Crippen molar-refractivity contribution >= 4 is 12.3 Å². The van der Waals surface area contributed by atoms with Gasteiger partial charge in [0, 0.05) is 26.7 Å². The molecule has 0 bridgehead atoms. The van der Waals surface area contributed by atoms with Gasteiger partial charge in [-0.3, -0.25) is 4.79 Å². The Morgan fingerprint density at radius 2 is 2.12 bits per heavy atom. The lowest BCUT2D eigenvalue weighted by molar-refractivity contribution is -0.387. The first-order valence-corrected chi connectivity index (χ1v) is 5.46. The molecule has 17 heavy (non-hydrogen) atoms. The Balaban J connectivity index is 4.41. The van der Waals surface area contributed by atoms with Crippen LogP contribution in [-0.2, 0) is 19.2 Å². The molecule has 0 saturated carbocycles. The van der Waals surface area contributed by atoms with Gasteiger partial charge in [-0.05, 0) is 19.3 Å². The van der Waals surface area contributed by atoms with Crippen molar-refractivity contribution in [3.63, 3.8) is 0 Å². The average Bonchev–Trinajstić information content (AvgIpc) is 2.22. The van der Waals surface area contributed by atoms with Crippen LogP contribution < -0.4 is 0 Å². The minimum atomic E-state index is -1.37. The molecule has 2 atom stereocenters. The molecule has 0 rings (SSSR count). The molecule has 0 aromatic carbocycles. The molecule has 0 amide bonds. The monoisotopic (exact) mass is 244 g/mol. The van der Waals surface area contributed by atoms with E-state index in [1.54, 1.807) is 0 Å². The predicted octanol–water partition coefficient (Wildman–Crippen LogP) is 2.32. The largest absolute Gasteiger partial charge is 0.431 e. The van der Waals surface area contributed by atoms with E-state index in [1.807, 2.05) is 6.92 Å². The molecule has 5 heteroatoms. The van der Waals surface area contributed by atoms with E-state index in [-0.39, 0.29) is 12.3 Å². The number of esters is 1. The second-order valence-electron chi connectivity index (χ2n) is 4.30. The van der Waals surface area contributed by atoms with Crippen molar-refractivity contribution in [2.45, 2.75) is 45.8 Å². The van der Waals surface area contributed by atoms with Gasteiger partial charge in [0.05, 0.1) is 0 Å². The molecule has 1 N–H and O–H groups in total. The van der Waals surface area contributed by atoms with Gasteiger partial charge < -0.3 is 9.53 Å². The Kier molecular flexibility index (Phi) is 6.68. The van der Waals surface area contributed by atoms with Gasteiger partial charge in [0.25, 0.3) is 0 Å². The van der Waals surface area contributed by atoms with Gasteiger partial charge >= 0.3 is 5.97 Å². The SMILES string of the molecule is C=C(C)C(CC=O)CCC(C)(OO)OC(C)=O. The molecule has 0 spiro atoms. The zero-order chi connectivity index (χ0) is 13.5. The number of carbonyl (C=O) groups is 2. The summed E-state index contributed by atoms with van der Waals surface area (Å²) in [5.41, 5.74) is 0.875. The Labute approximate surface area is 101 Å². The standard InChI is InChI=1S/C12H20O5/c1-9(2)11(6-8-13)5-7-12(4,17-15)16-10(3)14/h8,11,15H,1,5-7H2,2-4H3. The molecule has 5 nitrogen and oxygen atoms in total. The summed E-state index contributed by atoms with van der Waals surface area (Å²) in [6.07, 6.45) is 2.01. The fourth-order valence-electron chi connectivity index (χ4n) is 1.54. The first kappa shape index (κ1) is 15.8. The molecular weight excluding hydrogens is 224 g/mol. The highest BCUT2D eigenvalue weighted by molar-refractivity contribution is 5.66. The highest BCUT2D eigenvalue weighted by Crippen LogP contribution is 2.26. The predicted molar refractivity (Wildman–Crippen MR) is 62.1 cm³/mol. The number of ether oxygens (including phenoxy) is 1. The van der Waals surface area contributed by atoms with Crippen LogP contribution in [0.5, 0.6) is 0 Å². The number of hydrogen-bond acceptors (Lipinski definition) is 5. The van der Waals surface area contributed by atoms with Gasteiger partial charge in [-0.2, -0.15) is 4.89 Å². The molecule has 0 aliphatic heterocycles. The van der Waals surface area contributed by atoms with Crippen LogP contribution in [0.4, 0.5) is 0 Å². The average molecular weight is 244 g/mol. The van der Waals surface area contributed by atoms with Crippen molar-refractivity contribution in [1.29, 1.82) is 0 Å². The molecule has 2 unspecified atom stereocenters.